The standard InChI is InChI=1S/C14H26N2O2.ClH/c1-10-5-6-12(18-10)7-8-14(17)16-13-4-3-9-15-11(13)2;/h10-13,15H,3-9H2,1-2H3,(H,16,17);1H. The normalized spacial score (nSPS) is 34.6. The number of hydrogen-bond donors (Lipinski definition) is 2. The Morgan fingerprint density at radius 2 is 2.11 bits per heavy atom. The third kappa shape index (κ3) is 5.28. The summed E-state index contributed by atoms with van der Waals surface area (Å²) in [5.74, 6) is 0.179. The van der Waals surface area contributed by atoms with Gasteiger partial charge in [0.2, 0.25) is 5.91 Å². The van der Waals surface area contributed by atoms with Crippen molar-refractivity contribution in [1.82, 2.24) is 10.6 Å². The van der Waals surface area contributed by atoms with E-state index in [2.05, 4.69) is 24.5 Å². The van der Waals surface area contributed by atoms with Gasteiger partial charge in [-0.15, -0.1) is 12.4 Å². The summed E-state index contributed by atoms with van der Waals surface area (Å²) in [6, 6.07) is 0.695. The number of rotatable bonds is 4. The van der Waals surface area contributed by atoms with Crippen molar-refractivity contribution in [3.8, 4) is 0 Å². The minimum atomic E-state index is 0. The van der Waals surface area contributed by atoms with E-state index in [1.165, 1.54) is 0 Å². The van der Waals surface area contributed by atoms with E-state index >= 15 is 0 Å². The monoisotopic (exact) mass is 290 g/mol. The first kappa shape index (κ1) is 16.7. The van der Waals surface area contributed by atoms with Crippen LogP contribution in [-0.4, -0.2) is 36.7 Å². The van der Waals surface area contributed by atoms with E-state index in [0.717, 1.165) is 38.6 Å². The lowest BCUT2D eigenvalue weighted by atomic mass is 9.99. The van der Waals surface area contributed by atoms with E-state index in [4.69, 9.17) is 4.74 Å². The highest BCUT2D eigenvalue weighted by atomic mass is 35.5. The van der Waals surface area contributed by atoms with Crippen LogP contribution >= 0.6 is 12.4 Å². The molecule has 0 radical (unpaired) electrons. The van der Waals surface area contributed by atoms with Gasteiger partial charge in [-0.3, -0.25) is 4.79 Å². The number of piperidine rings is 1. The molecule has 2 aliphatic rings. The maximum atomic E-state index is 11.9. The summed E-state index contributed by atoms with van der Waals surface area (Å²) in [5, 5.41) is 6.55. The van der Waals surface area contributed by atoms with Gasteiger partial charge in [0.1, 0.15) is 0 Å². The second kappa shape index (κ2) is 8.08. The predicted molar refractivity (Wildman–Crippen MR) is 78.7 cm³/mol. The number of hydrogen-bond acceptors (Lipinski definition) is 3. The summed E-state index contributed by atoms with van der Waals surface area (Å²) in [7, 11) is 0. The lowest BCUT2D eigenvalue weighted by molar-refractivity contribution is -0.122. The molecule has 112 valence electrons. The fourth-order valence-electron chi connectivity index (χ4n) is 2.91. The van der Waals surface area contributed by atoms with Crippen LogP contribution in [0.5, 0.6) is 0 Å². The molecule has 19 heavy (non-hydrogen) atoms. The molecule has 1 amide bonds. The van der Waals surface area contributed by atoms with Crippen molar-refractivity contribution in [2.45, 2.75) is 76.7 Å². The van der Waals surface area contributed by atoms with E-state index in [1.807, 2.05) is 0 Å². The average molecular weight is 291 g/mol. The van der Waals surface area contributed by atoms with E-state index in [-0.39, 0.29) is 18.3 Å². The molecule has 2 N–H and O–H groups in total. The average Bonchev–Trinajstić information content (AvgIpc) is 2.76. The van der Waals surface area contributed by atoms with Crippen LogP contribution in [0.4, 0.5) is 0 Å². The first-order valence-corrected chi connectivity index (χ1v) is 7.33. The fourth-order valence-corrected chi connectivity index (χ4v) is 2.91. The Balaban J connectivity index is 0.00000180. The molecule has 2 heterocycles. The molecule has 2 fully saturated rings. The van der Waals surface area contributed by atoms with Gasteiger partial charge >= 0.3 is 0 Å². The van der Waals surface area contributed by atoms with Crippen LogP contribution in [0.25, 0.3) is 0 Å². The Morgan fingerprint density at radius 3 is 2.74 bits per heavy atom. The highest BCUT2D eigenvalue weighted by Crippen LogP contribution is 2.22. The molecule has 0 spiro atoms. The number of nitrogens with one attached hydrogen (secondary N) is 2. The van der Waals surface area contributed by atoms with Gasteiger partial charge in [-0.2, -0.15) is 0 Å². The van der Waals surface area contributed by atoms with Crippen molar-refractivity contribution < 1.29 is 9.53 Å². The van der Waals surface area contributed by atoms with Crippen molar-refractivity contribution in [2.75, 3.05) is 6.54 Å². The minimum absolute atomic E-state index is 0. The number of amides is 1. The van der Waals surface area contributed by atoms with Crippen LogP contribution < -0.4 is 10.6 Å². The Labute approximate surface area is 122 Å². The van der Waals surface area contributed by atoms with E-state index in [1.54, 1.807) is 0 Å². The topological polar surface area (TPSA) is 50.4 Å². The molecule has 0 saturated carbocycles. The summed E-state index contributed by atoms with van der Waals surface area (Å²) in [4.78, 5) is 11.9. The SMILES string of the molecule is CC1CCC(CCC(=O)NC2CCCNC2C)O1.Cl. The van der Waals surface area contributed by atoms with Gasteiger partial charge in [-0.05, 0) is 52.5 Å². The van der Waals surface area contributed by atoms with Crippen LogP contribution in [0.15, 0.2) is 0 Å². The van der Waals surface area contributed by atoms with Crippen molar-refractivity contribution in [1.29, 1.82) is 0 Å². The molecule has 2 aliphatic heterocycles. The van der Waals surface area contributed by atoms with Gasteiger partial charge in [0.05, 0.1) is 12.2 Å². The van der Waals surface area contributed by atoms with Crippen LogP contribution in [-0.2, 0) is 9.53 Å². The molecule has 2 saturated heterocycles. The molecular weight excluding hydrogens is 264 g/mol. The molecule has 0 aromatic rings. The summed E-state index contributed by atoms with van der Waals surface area (Å²) < 4.78 is 5.73. The number of halogens is 1. The molecule has 0 bridgehead atoms. The Morgan fingerprint density at radius 1 is 1.32 bits per heavy atom. The van der Waals surface area contributed by atoms with Gasteiger partial charge in [0.25, 0.3) is 0 Å². The predicted octanol–water partition coefficient (Wildman–Crippen LogP) is 2.01. The highest BCUT2D eigenvalue weighted by molar-refractivity contribution is 5.85. The number of ether oxygens (including phenoxy) is 1. The third-order valence-corrected chi connectivity index (χ3v) is 4.12. The van der Waals surface area contributed by atoms with Crippen LogP contribution in [0.3, 0.4) is 0 Å². The zero-order valence-electron chi connectivity index (χ0n) is 12.0. The summed E-state index contributed by atoms with van der Waals surface area (Å²) >= 11 is 0. The molecular formula is C14H27ClN2O2. The molecule has 4 nitrogen and oxygen atoms in total. The number of carbonyl (C=O) groups excluding carboxylic acids is 1. The second-order valence-corrected chi connectivity index (χ2v) is 5.74. The first-order valence-electron chi connectivity index (χ1n) is 7.33. The van der Waals surface area contributed by atoms with Crippen molar-refractivity contribution >= 4 is 18.3 Å². The molecule has 0 aromatic carbocycles. The molecule has 0 aliphatic carbocycles. The summed E-state index contributed by atoms with van der Waals surface area (Å²) in [6.07, 6.45) is 6.63. The Hall–Kier alpha value is -0.320. The maximum Gasteiger partial charge on any atom is 0.220 e. The van der Waals surface area contributed by atoms with E-state index in [0.29, 0.717) is 30.7 Å². The zero-order chi connectivity index (χ0) is 13.0. The maximum absolute atomic E-state index is 11.9. The molecule has 5 heteroatoms. The highest BCUT2D eigenvalue weighted by Gasteiger charge is 2.24. The van der Waals surface area contributed by atoms with Crippen LogP contribution in [0.2, 0.25) is 0 Å². The fraction of sp³-hybridized carbons (Fsp3) is 0.929. The van der Waals surface area contributed by atoms with Gasteiger partial charge in [0, 0.05) is 18.5 Å². The minimum Gasteiger partial charge on any atom is -0.375 e. The van der Waals surface area contributed by atoms with Crippen molar-refractivity contribution in [2.24, 2.45) is 0 Å². The second-order valence-electron chi connectivity index (χ2n) is 5.74. The quantitative estimate of drug-likeness (QED) is 0.833. The van der Waals surface area contributed by atoms with Gasteiger partial charge in [-0.1, -0.05) is 0 Å². The Bertz CT molecular complexity index is 289. The van der Waals surface area contributed by atoms with Crippen molar-refractivity contribution in [3.05, 3.63) is 0 Å². The van der Waals surface area contributed by atoms with E-state index < -0.39 is 0 Å². The van der Waals surface area contributed by atoms with Gasteiger partial charge in [-0.25, -0.2) is 0 Å². The van der Waals surface area contributed by atoms with Gasteiger partial charge < -0.3 is 15.4 Å². The number of carbonyl (C=O) groups is 1. The van der Waals surface area contributed by atoms with Crippen LogP contribution in [0.1, 0.15) is 52.4 Å². The Kier molecular flexibility index (Phi) is 7.11. The van der Waals surface area contributed by atoms with Crippen molar-refractivity contribution in [3.63, 3.8) is 0 Å². The third-order valence-electron chi connectivity index (χ3n) is 4.12. The molecule has 4 atom stereocenters. The lowest BCUT2D eigenvalue weighted by Crippen LogP contribution is -2.51. The molecule has 2 rings (SSSR count). The summed E-state index contributed by atoms with van der Waals surface area (Å²) in [5.41, 5.74) is 0. The molecule has 4 unspecified atom stereocenters. The largest absolute Gasteiger partial charge is 0.375 e. The first-order chi connectivity index (χ1) is 8.65. The molecule has 0 aromatic heterocycles. The van der Waals surface area contributed by atoms with Gasteiger partial charge in [0.15, 0.2) is 0 Å². The lowest BCUT2D eigenvalue weighted by Gasteiger charge is -2.30. The van der Waals surface area contributed by atoms with E-state index in [9.17, 15) is 4.79 Å². The smallest absolute Gasteiger partial charge is 0.220 e. The summed E-state index contributed by atoms with van der Waals surface area (Å²) in [6.45, 7) is 5.32. The zero-order valence-corrected chi connectivity index (χ0v) is 12.8. The van der Waals surface area contributed by atoms with Crippen LogP contribution in [0, 0.1) is 0 Å².